The molecule has 1 fully saturated rings. The first-order valence-electron chi connectivity index (χ1n) is 10.0. The van der Waals surface area contributed by atoms with Crippen molar-refractivity contribution < 1.29 is 19.0 Å². The highest BCUT2D eigenvalue weighted by Crippen LogP contribution is 2.27. The third-order valence-electron chi connectivity index (χ3n) is 5.26. The first kappa shape index (κ1) is 21.6. The average molecular weight is 412 g/mol. The smallest absolute Gasteiger partial charge is 0.271 e. The number of hydrazone groups is 1. The van der Waals surface area contributed by atoms with Gasteiger partial charge in [-0.05, 0) is 74.8 Å². The molecule has 1 aliphatic heterocycles. The van der Waals surface area contributed by atoms with E-state index in [1.807, 2.05) is 19.1 Å². The molecule has 0 aliphatic carbocycles. The van der Waals surface area contributed by atoms with Gasteiger partial charge in [0.1, 0.15) is 5.75 Å². The van der Waals surface area contributed by atoms with Crippen molar-refractivity contribution in [1.29, 1.82) is 0 Å². The molecule has 0 bridgehead atoms. The van der Waals surface area contributed by atoms with Crippen LogP contribution >= 0.6 is 0 Å². The number of benzene rings is 2. The standard InChI is InChI=1S/C23H29N3O4/c1-16(24-25-23(27)18-8-10-21(29-3)22(14-18)30-4)17-7-9-20(28-2)19(13-17)15-26-11-5-6-12-26/h7-10,13-14H,5-6,11-12,15H2,1-4H3,(H,25,27)/b24-16-. The van der Waals surface area contributed by atoms with Gasteiger partial charge in [-0.3, -0.25) is 9.69 Å². The highest BCUT2D eigenvalue weighted by atomic mass is 16.5. The molecule has 30 heavy (non-hydrogen) atoms. The van der Waals surface area contributed by atoms with Gasteiger partial charge in [-0.2, -0.15) is 5.10 Å². The van der Waals surface area contributed by atoms with E-state index < -0.39 is 0 Å². The highest BCUT2D eigenvalue weighted by Gasteiger charge is 2.15. The fourth-order valence-corrected chi connectivity index (χ4v) is 3.55. The number of carbonyl (C=O) groups is 1. The summed E-state index contributed by atoms with van der Waals surface area (Å²) in [6.07, 6.45) is 2.48. The lowest BCUT2D eigenvalue weighted by atomic mass is 10.1. The maximum Gasteiger partial charge on any atom is 0.271 e. The molecule has 0 spiro atoms. The fraction of sp³-hybridized carbons (Fsp3) is 0.391. The van der Waals surface area contributed by atoms with E-state index in [9.17, 15) is 4.79 Å². The normalized spacial score (nSPS) is 14.5. The second kappa shape index (κ2) is 10.1. The number of nitrogens with zero attached hydrogens (tertiary/aromatic N) is 2. The van der Waals surface area contributed by atoms with Gasteiger partial charge in [-0.1, -0.05) is 0 Å². The Morgan fingerprint density at radius 3 is 2.23 bits per heavy atom. The van der Waals surface area contributed by atoms with E-state index in [2.05, 4.69) is 21.5 Å². The third kappa shape index (κ3) is 5.10. The number of amides is 1. The van der Waals surface area contributed by atoms with Crippen LogP contribution in [0.2, 0.25) is 0 Å². The minimum absolute atomic E-state index is 0.318. The zero-order chi connectivity index (χ0) is 21.5. The van der Waals surface area contributed by atoms with Crippen LogP contribution in [0.4, 0.5) is 0 Å². The molecule has 1 heterocycles. The number of hydrogen-bond acceptors (Lipinski definition) is 6. The lowest BCUT2D eigenvalue weighted by Crippen LogP contribution is -2.20. The third-order valence-corrected chi connectivity index (χ3v) is 5.26. The predicted octanol–water partition coefficient (Wildman–Crippen LogP) is 3.46. The minimum Gasteiger partial charge on any atom is -0.496 e. The van der Waals surface area contributed by atoms with Crippen molar-refractivity contribution in [3.8, 4) is 17.2 Å². The van der Waals surface area contributed by atoms with Crippen molar-refractivity contribution >= 4 is 11.6 Å². The van der Waals surface area contributed by atoms with E-state index in [4.69, 9.17) is 14.2 Å². The van der Waals surface area contributed by atoms with Crippen LogP contribution in [-0.2, 0) is 6.54 Å². The van der Waals surface area contributed by atoms with Crippen LogP contribution in [0.3, 0.4) is 0 Å². The largest absolute Gasteiger partial charge is 0.496 e. The molecule has 0 radical (unpaired) electrons. The van der Waals surface area contributed by atoms with Gasteiger partial charge in [-0.25, -0.2) is 5.43 Å². The number of nitrogens with one attached hydrogen (secondary N) is 1. The Morgan fingerprint density at radius 1 is 0.933 bits per heavy atom. The van der Waals surface area contributed by atoms with Crippen molar-refractivity contribution in [2.45, 2.75) is 26.3 Å². The van der Waals surface area contributed by atoms with Crippen LogP contribution in [0.5, 0.6) is 17.2 Å². The van der Waals surface area contributed by atoms with Gasteiger partial charge in [0, 0.05) is 17.7 Å². The molecule has 7 heteroatoms. The second-order valence-corrected chi connectivity index (χ2v) is 7.22. The van der Waals surface area contributed by atoms with Crippen LogP contribution in [0.15, 0.2) is 41.5 Å². The van der Waals surface area contributed by atoms with Crippen LogP contribution in [-0.4, -0.2) is 50.9 Å². The Hall–Kier alpha value is -3.06. The highest BCUT2D eigenvalue weighted by molar-refractivity contribution is 6.01. The quantitative estimate of drug-likeness (QED) is 0.532. The molecule has 160 valence electrons. The summed E-state index contributed by atoms with van der Waals surface area (Å²) in [4.78, 5) is 14.9. The Labute approximate surface area is 177 Å². The molecule has 3 rings (SSSR count). The summed E-state index contributed by atoms with van der Waals surface area (Å²) in [6, 6.07) is 11.0. The number of carbonyl (C=O) groups excluding carboxylic acids is 1. The number of likely N-dealkylation sites (tertiary alicyclic amines) is 1. The number of rotatable bonds is 8. The Bertz CT molecular complexity index is 921. The van der Waals surface area contributed by atoms with E-state index in [-0.39, 0.29) is 5.91 Å². The lowest BCUT2D eigenvalue weighted by Gasteiger charge is -2.17. The molecule has 0 aromatic heterocycles. The van der Waals surface area contributed by atoms with Crippen molar-refractivity contribution in [3.05, 3.63) is 53.1 Å². The zero-order valence-corrected chi connectivity index (χ0v) is 18.0. The summed E-state index contributed by atoms with van der Waals surface area (Å²) in [7, 11) is 4.77. The van der Waals surface area contributed by atoms with Crippen molar-refractivity contribution in [2.24, 2.45) is 5.10 Å². The Morgan fingerprint density at radius 2 is 1.57 bits per heavy atom. The van der Waals surface area contributed by atoms with E-state index in [1.54, 1.807) is 32.4 Å². The minimum atomic E-state index is -0.318. The van der Waals surface area contributed by atoms with E-state index >= 15 is 0 Å². The summed E-state index contributed by atoms with van der Waals surface area (Å²) >= 11 is 0. The summed E-state index contributed by atoms with van der Waals surface area (Å²) in [5.41, 5.74) is 5.84. The van der Waals surface area contributed by atoms with Crippen molar-refractivity contribution in [3.63, 3.8) is 0 Å². The summed E-state index contributed by atoms with van der Waals surface area (Å²) in [5.74, 6) is 1.61. The first-order valence-corrected chi connectivity index (χ1v) is 10.0. The number of ether oxygens (including phenoxy) is 3. The summed E-state index contributed by atoms with van der Waals surface area (Å²) in [5, 5.41) is 4.29. The van der Waals surface area contributed by atoms with Crippen LogP contribution in [0.25, 0.3) is 0 Å². The van der Waals surface area contributed by atoms with Crippen LogP contribution in [0, 0.1) is 0 Å². The maximum atomic E-state index is 12.5. The molecule has 7 nitrogen and oxygen atoms in total. The molecule has 2 aromatic rings. The van der Waals surface area contributed by atoms with E-state index in [0.29, 0.717) is 22.8 Å². The average Bonchev–Trinajstić information content (AvgIpc) is 3.29. The number of hydrogen-bond donors (Lipinski definition) is 1. The fourth-order valence-electron chi connectivity index (χ4n) is 3.55. The Kier molecular flexibility index (Phi) is 7.30. The molecule has 1 amide bonds. The molecule has 0 saturated carbocycles. The van der Waals surface area contributed by atoms with Gasteiger partial charge in [0.15, 0.2) is 11.5 Å². The molecule has 1 aliphatic rings. The number of methoxy groups -OCH3 is 3. The van der Waals surface area contributed by atoms with Crippen molar-refractivity contribution in [2.75, 3.05) is 34.4 Å². The first-order chi connectivity index (χ1) is 14.5. The molecule has 1 saturated heterocycles. The zero-order valence-electron chi connectivity index (χ0n) is 18.0. The van der Waals surface area contributed by atoms with Gasteiger partial charge in [0.25, 0.3) is 5.91 Å². The van der Waals surface area contributed by atoms with Gasteiger partial charge >= 0.3 is 0 Å². The van der Waals surface area contributed by atoms with Crippen LogP contribution < -0.4 is 19.6 Å². The predicted molar refractivity (Wildman–Crippen MR) is 117 cm³/mol. The van der Waals surface area contributed by atoms with Gasteiger partial charge in [0.05, 0.1) is 27.0 Å². The molecule has 2 aromatic carbocycles. The molecular formula is C23H29N3O4. The van der Waals surface area contributed by atoms with Crippen LogP contribution in [0.1, 0.15) is 41.3 Å². The lowest BCUT2D eigenvalue weighted by molar-refractivity contribution is 0.0954. The monoisotopic (exact) mass is 411 g/mol. The Balaban J connectivity index is 1.73. The summed E-state index contributed by atoms with van der Waals surface area (Å²) in [6.45, 7) is 4.95. The van der Waals surface area contributed by atoms with E-state index in [1.165, 1.54) is 20.0 Å². The van der Waals surface area contributed by atoms with Gasteiger partial charge in [0.2, 0.25) is 0 Å². The summed E-state index contributed by atoms with van der Waals surface area (Å²) < 4.78 is 16.0. The molecule has 1 N–H and O–H groups in total. The molecule has 0 unspecified atom stereocenters. The van der Waals surface area contributed by atoms with Gasteiger partial charge < -0.3 is 14.2 Å². The maximum absolute atomic E-state index is 12.5. The van der Waals surface area contributed by atoms with Gasteiger partial charge in [-0.15, -0.1) is 0 Å². The second-order valence-electron chi connectivity index (χ2n) is 7.22. The SMILES string of the molecule is COc1ccc(/C(C)=N\NC(=O)c2ccc(OC)c(OC)c2)cc1CN1CCCC1. The molecular weight excluding hydrogens is 382 g/mol. The van der Waals surface area contributed by atoms with E-state index in [0.717, 1.165) is 36.5 Å². The molecule has 0 atom stereocenters. The topological polar surface area (TPSA) is 72.4 Å². The van der Waals surface area contributed by atoms with Crippen molar-refractivity contribution in [1.82, 2.24) is 10.3 Å².